The highest BCUT2D eigenvalue weighted by Crippen LogP contribution is 2.29. The predicted octanol–water partition coefficient (Wildman–Crippen LogP) is 5.65. The molecule has 0 atom stereocenters. The SMILES string of the molecule is CCN(CC)c1cc(Nc2ccc(NC(=O)c3ccc(C(F)(F)F)cc3)cc2)nc(C)n1. The maximum Gasteiger partial charge on any atom is 0.416 e. The van der Waals surface area contributed by atoms with Crippen molar-refractivity contribution in [2.75, 3.05) is 28.6 Å². The van der Waals surface area contributed by atoms with Gasteiger partial charge in [-0.1, -0.05) is 0 Å². The molecule has 6 nitrogen and oxygen atoms in total. The van der Waals surface area contributed by atoms with Crippen LogP contribution in [0.4, 0.5) is 36.2 Å². The second-order valence-electron chi connectivity index (χ2n) is 7.06. The number of aromatic nitrogens is 2. The number of alkyl halides is 3. The summed E-state index contributed by atoms with van der Waals surface area (Å²) in [6.45, 7) is 7.62. The van der Waals surface area contributed by atoms with Gasteiger partial charge < -0.3 is 15.5 Å². The van der Waals surface area contributed by atoms with Gasteiger partial charge in [-0.05, 0) is 69.3 Å². The lowest BCUT2D eigenvalue weighted by atomic mass is 10.1. The summed E-state index contributed by atoms with van der Waals surface area (Å²) < 4.78 is 38.0. The van der Waals surface area contributed by atoms with Crippen molar-refractivity contribution in [3.8, 4) is 0 Å². The molecule has 0 fully saturated rings. The van der Waals surface area contributed by atoms with Gasteiger partial charge in [0, 0.05) is 36.1 Å². The molecule has 0 spiro atoms. The van der Waals surface area contributed by atoms with Gasteiger partial charge in [0.1, 0.15) is 17.5 Å². The second-order valence-corrected chi connectivity index (χ2v) is 7.06. The molecule has 1 amide bonds. The summed E-state index contributed by atoms with van der Waals surface area (Å²) in [4.78, 5) is 23.3. The van der Waals surface area contributed by atoms with Gasteiger partial charge in [-0.3, -0.25) is 4.79 Å². The Morgan fingerprint density at radius 1 is 0.938 bits per heavy atom. The van der Waals surface area contributed by atoms with Crippen LogP contribution in [0.1, 0.15) is 35.6 Å². The number of carbonyl (C=O) groups is 1. The molecule has 3 rings (SSSR count). The van der Waals surface area contributed by atoms with E-state index in [0.29, 0.717) is 17.3 Å². The van der Waals surface area contributed by atoms with Crippen LogP contribution in [0.5, 0.6) is 0 Å². The van der Waals surface area contributed by atoms with E-state index in [9.17, 15) is 18.0 Å². The highest BCUT2D eigenvalue weighted by molar-refractivity contribution is 6.04. The summed E-state index contributed by atoms with van der Waals surface area (Å²) in [6.07, 6.45) is -4.44. The molecule has 0 saturated heterocycles. The van der Waals surface area contributed by atoms with E-state index in [1.54, 1.807) is 24.3 Å². The standard InChI is InChI=1S/C23H24F3N5O/c1-4-31(5-2)21-14-20(27-15(3)28-21)29-18-10-12-19(13-11-18)30-22(32)16-6-8-17(9-7-16)23(24,25)26/h6-14H,4-5H2,1-3H3,(H,30,32)(H,27,28,29). The van der Waals surface area contributed by atoms with Crippen LogP contribution >= 0.6 is 0 Å². The Morgan fingerprint density at radius 3 is 2.09 bits per heavy atom. The molecule has 0 bridgehead atoms. The van der Waals surface area contributed by atoms with Crippen molar-refractivity contribution >= 4 is 28.9 Å². The molecule has 168 valence electrons. The minimum Gasteiger partial charge on any atom is -0.357 e. The molecular weight excluding hydrogens is 419 g/mol. The number of amides is 1. The Hall–Kier alpha value is -3.62. The molecule has 0 unspecified atom stereocenters. The molecule has 0 aliphatic carbocycles. The predicted molar refractivity (Wildman–Crippen MR) is 119 cm³/mol. The van der Waals surface area contributed by atoms with E-state index in [1.807, 2.05) is 13.0 Å². The second kappa shape index (κ2) is 9.67. The lowest BCUT2D eigenvalue weighted by Crippen LogP contribution is -2.23. The first kappa shape index (κ1) is 23.1. The molecular formula is C23H24F3N5O. The van der Waals surface area contributed by atoms with Crippen molar-refractivity contribution in [2.24, 2.45) is 0 Å². The molecule has 0 aliphatic heterocycles. The highest BCUT2D eigenvalue weighted by atomic mass is 19.4. The normalized spacial score (nSPS) is 11.2. The van der Waals surface area contributed by atoms with Crippen molar-refractivity contribution in [1.29, 1.82) is 0 Å². The third-order valence-corrected chi connectivity index (χ3v) is 4.80. The number of halogens is 3. The van der Waals surface area contributed by atoms with Crippen molar-refractivity contribution in [3.63, 3.8) is 0 Å². The Kier molecular flexibility index (Phi) is 6.97. The number of benzene rings is 2. The van der Waals surface area contributed by atoms with Crippen LogP contribution in [0.3, 0.4) is 0 Å². The highest BCUT2D eigenvalue weighted by Gasteiger charge is 2.30. The van der Waals surface area contributed by atoms with Crippen molar-refractivity contribution in [1.82, 2.24) is 9.97 Å². The summed E-state index contributed by atoms with van der Waals surface area (Å²) >= 11 is 0. The average Bonchev–Trinajstić information content (AvgIpc) is 2.75. The molecule has 0 aliphatic rings. The van der Waals surface area contributed by atoms with Crippen LogP contribution < -0.4 is 15.5 Å². The number of aryl methyl sites for hydroxylation is 1. The molecule has 2 aromatic carbocycles. The number of hydrogen-bond acceptors (Lipinski definition) is 5. The van der Waals surface area contributed by atoms with Gasteiger partial charge in [-0.15, -0.1) is 0 Å². The first-order valence-corrected chi connectivity index (χ1v) is 10.2. The maximum absolute atomic E-state index is 12.7. The van der Waals surface area contributed by atoms with E-state index < -0.39 is 17.6 Å². The third kappa shape index (κ3) is 5.75. The maximum atomic E-state index is 12.7. The van der Waals surface area contributed by atoms with Gasteiger partial charge in [0.05, 0.1) is 5.56 Å². The number of nitrogens with zero attached hydrogens (tertiary/aromatic N) is 3. The van der Waals surface area contributed by atoms with E-state index in [1.165, 1.54) is 0 Å². The Balaban J connectivity index is 1.67. The zero-order chi connectivity index (χ0) is 23.3. The summed E-state index contributed by atoms with van der Waals surface area (Å²) in [5.74, 6) is 1.65. The summed E-state index contributed by atoms with van der Waals surface area (Å²) in [5, 5.41) is 5.90. The van der Waals surface area contributed by atoms with Crippen molar-refractivity contribution < 1.29 is 18.0 Å². The Bertz CT molecular complexity index is 1060. The van der Waals surface area contributed by atoms with Crippen LogP contribution in [-0.4, -0.2) is 29.0 Å². The molecule has 9 heteroatoms. The number of carbonyl (C=O) groups excluding carboxylic acids is 1. The molecule has 1 aromatic heterocycles. The van der Waals surface area contributed by atoms with E-state index in [0.717, 1.165) is 48.9 Å². The summed E-state index contributed by atoms with van der Waals surface area (Å²) in [5.41, 5.74) is 0.624. The van der Waals surface area contributed by atoms with Gasteiger partial charge in [-0.2, -0.15) is 13.2 Å². The van der Waals surface area contributed by atoms with Gasteiger partial charge in [0.15, 0.2) is 0 Å². The number of rotatable bonds is 7. The number of anilines is 4. The van der Waals surface area contributed by atoms with Gasteiger partial charge >= 0.3 is 6.18 Å². The van der Waals surface area contributed by atoms with Crippen molar-refractivity contribution in [3.05, 3.63) is 71.5 Å². The lowest BCUT2D eigenvalue weighted by Gasteiger charge is -2.20. The quantitative estimate of drug-likeness (QED) is 0.494. The largest absolute Gasteiger partial charge is 0.416 e. The molecule has 0 saturated carbocycles. The van der Waals surface area contributed by atoms with Gasteiger partial charge in [0.2, 0.25) is 0 Å². The van der Waals surface area contributed by atoms with Crippen LogP contribution in [-0.2, 0) is 6.18 Å². The van der Waals surface area contributed by atoms with E-state index in [-0.39, 0.29) is 5.56 Å². The smallest absolute Gasteiger partial charge is 0.357 e. The van der Waals surface area contributed by atoms with Crippen molar-refractivity contribution in [2.45, 2.75) is 26.9 Å². The van der Waals surface area contributed by atoms with Crippen LogP contribution in [0, 0.1) is 6.92 Å². The fourth-order valence-electron chi connectivity index (χ4n) is 3.12. The monoisotopic (exact) mass is 443 g/mol. The third-order valence-electron chi connectivity index (χ3n) is 4.80. The fraction of sp³-hybridized carbons (Fsp3) is 0.261. The van der Waals surface area contributed by atoms with Crippen LogP contribution in [0.15, 0.2) is 54.6 Å². The van der Waals surface area contributed by atoms with Crippen LogP contribution in [0.2, 0.25) is 0 Å². The minimum atomic E-state index is -4.44. The van der Waals surface area contributed by atoms with E-state index in [2.05, 4.69) is 39.3 Å². The summed E-state index contributed by atoms with van der Waals surface area (Å²) in [7, 11) is 0. The lowest BCUT2D eigenvalue weighted by molar-refractivity contribution is -0.137. The zero-order valence-electron chi connectivity index (χ0n) is 18.0. The van der Waals surface area contributed by atoms with Gasteiger partial charge in [-0.25, -0.2) is 9.97 Å². The molecule has 2 N–H and O–H groups in total. The molecule has 3 aromatic rings. The van der Waals surface area contributed by atoms with E-state index in [4.69, 9.17) is 0 Å². The number of hydrogen-bond donors (Lipinski definition) is 2. The Morgan fingerprint density at radius 2 is 1.53 bits per heavy atom. The molecule has 0 radical (unpaired) electrons. The average molecular weight is 443 g/mol. The zero-order valence-corrected chi connectivity index (χ0v) is 18.0. The Labute approximate surface area is 184 Å². The minimum absolute atomic E-state index is 0.139. The van der Waals surface area contributed by atoms with Gasteiger partial charge in [0.25, 0.3) is 5.91 Å². The first-order valence-electron chi connectivity index (χ1n) is 10.2. The van der Waals surface area contributed by atoms with Crippen LogP contribution in [0.25, 0.3) is 0 Å². The molecule has 32 heavy (non-hydrogen) atoms. The fourth-order valence-corrected chi connectivity index (χ4v) is 3.12. The first-order chi connectivity index (χ1) is 15.2. The number of nitrogens with one attached hydrogen (secondary N) is 2. The molecule has 1 heterocycles. The van der Waals surface area contributed by atoms with E-state index >= 15 is 0 Å². The summed E-state index contributed by atoms with van der Waals surface area (Å²) in [6, 6.07) is 12.9. The topological polar surface area (TPSA) is 70.2 Å².